The summed E-state index contributed by atoms with van der Waals surface area (Å²) in [6.07, 6.45) is 1.87. The van der Waals surface area contributed by atoms with Crippen LogP contribution in [0.3, 0.4) is 0 Å². The highest BCUT2D eigenvalue weighted by molar-refractivity contribution is 5.94. The SMILES string of the molecule is CNC(=O)c1ccc(Nc2nc3c(-c4ccc(CN5CC(C#N)C5)cc4)cccn3n2)cc1. The normalized spacial score (nSPS) is 13.9. The monoisotopic (exact) mass is 437 g/mol. The molecule has 0 radical (unpaired) electrons. The molecule has 2 aromatic carbocycles. The van der Waals surface area contributed by atoms with Gasteiger partial charge in [0.2, 0.25) is 5.95 Å². The number of nitrogens with zero attached hydrogens (tertiary/aromatic N) is 5. The molecule has 1 aliphatic heterocycles. The first-order valence-corrected chi connectivity index (χ1v) is 10.8. The molecule has 33 heavy (non-hydrogen) atoms. The van der Waals surface area contributed by atoms with Crippen molar-refractivity contribution < 1.29 is 4.79 Å². The second kappa shape index (κ2) is 8.73. The minimum Gasteiger partial charge on any atom is -0.355 e. The van der Waals surface area contributed by atoms with Crippen LogP contribution in [0.25, 0.3) is 16.8 Å². The molecular weight excluding hydrogens is 414 g/mol. The summed E-state index contributed by atoms with van der Waals surface area (Å²) in [7, 11) is 1.61. The van der Waals surface area contributed by atoms with Gasteiger partial charge in [-0.2, -0.15) is 10.2 Å². The Kier molecular flexibility index (Phi) is 5.47. The number of hydrogen-bond donors (Lipinski definition) is 2. The average molecular weight is 438 g/mol. The molecule has 1 saturated heterocycles. The van der Waals surface area contributed by atoms with Gasteiger partial charge in [-0.25, -0.2) is 4.52 Å². The van der Waals surface area contributed by atoms with E-state index in [0.29, 0.717) is 11.5 Å². The van der Waals surface area contributed by atoms with Gasteiger partial charge in [-0.3, -0.25) is 9.69 Å². The summed E-state index contributed by atoms with van der Waals surface area (Å²) >= 11 is 0. The number of hydrogen-bond acceptors (Lipinski definition) is 6. The lowest BCUT2D eigenvalue weighted by Gasteiger charge is -2.35. The first kappa shape index (κ1) is 20.7. The van der Waals surface area contributed by atoms with E-state index in [4.69, 9.17) is 10.2 Å². The van der Waals surface area contributed by atoms with E-state index in [0.717, 1.165) is 42.1 Å². The van der Waals surface area contributed by atoms with E-state index < -0.39 is 0 Å². The fraction of sp³-hybridized carbons (Fsp3) is 0.200. The molecule has 8 nitrogen and oxygen atoms in total. The second-order valence-corrected chi connectivity index (χ2v) is 8.12. The molecule has 1 amide bonds. The summed E-state index contributed by atoms with van der Waals surface area (Å²) < 4.78 is 1.76. The fourth-order valence-electron chi connectivity index (χ4n) is 3.99. The Labute approximate surface area is 191 Å². The average Bonchev–Trinajstić information content (AvgIpc) is 3.24. The third kappa shape index (κ3) is 4.27. The van der Waals surface area contributed by atoms with Crippen molar-refractivity contribution in [1.29, 1.82) is 5.26 Å². The molecule has 0 unspecified atom stereocenters. The highest BCUT2D eigenvalue weighted by Gasteiger charge is 2.25. The van der Waals surface area contributed by atoms with Crippen LogP contribution in [-0.2, 0) is 6.54 Å². The Balaban J connectivity index is 1.33. The molecule has 3 heterocycles. The largest absolute Gasteiger partial charge is 0.355 e. The van der Waals surface area contributed by atoms with Gasteiger partial charge in [0.05, 0.1) is 12.0 Å². The van der Waals surface area contributed by atoms with Crippen LogP contribution in [0.15, 0.2) is 66.9 Å². The maximum absolute atomic E-state index is 11.7. The number of nitriles is 1. The first-order valence-electron chi connectivity index (χ1n) is 10.8. The van der Waals surface area contributed by atoms with Gasteiger partial charge in [0, 0.05) is 49.7 Å². The van der Waals surface area contributed by atoms with Crippen molar-refractivity contribution in [3.8, 4) is 17.2 Å². The van der Waals surface area contributed by atoms with Gasteiger partial charge in [0.25, 0.3) is 5.91 Å². The lowest BCUT2D eigenvalue weighted by atomic mass is 10.00. The van der Waals surface area contributed by atoms with Crippen LogP contribution >= 0.6 is 0 Å². The molecule has 2 N–H and O–H groups in total. The van der Waals surface area contributed by atoms with Gasteiger partial charge in [0.1, 0.15) is 0 Å². The molecule has 1 fully saturated rings. The molecule has 0 aliphatic carbocycles. The van der Waals surface area contributed by atoms with Crippen LogP contribution < -0.4 is 10.6 Å². The Morgan fingerprint density at radius 2 is 1.88 bits per heavy atom. The van der Waals surface area contributed by atoms with Gasteiger partial charge in [-0.1, -0.05) is 24.3 Å². The Hall–Kier alpha value is -4.22. The van der Waals surface area contributed by atoms with Crippen LogP contribution in [0.2, 0.25) is 0 Å². The van der Waals surface area contributed by atoms with Crippen molar-refractivity contribution in [1.82, 2.24) is 24.8 Å². The summed E-state index contributed by atoms with van der Waals surface area (Å²) in [5.74, 6) is 0.530. The number of rotatable bonds is 6. The Morgan fingerprint density at radius 1 is 1.12 bits per heavy atom. The third-order valence-electron chi connectivity index (χ3n) is 5.80. The molecule has 0 atom stereocenters. The number of pyridine rings is 1. The smallest absolute Gasteiger partial charge is 0.251 e. The van der Waals surface area contributed by atoms with Crippen molar-refractivity contribution >= 4 is 23.2 Å². The van der Waals surface area contributed by atoms with Crippen molar-refractivity contribution in [2.75, 3.05) is 25.5 Å². The molecule has 2 aromatic heterocycles. The number of carbonyl (C=O) groups is 1. The zero-order valence-corrected chi connectivity index (χ0v) is 18.2. The van der Waals surface area contributed by atoms with Crippen molar-refractivity contribution in [3.05, 3.63) is 78.0 Å². The molecule has 1 aliphatic rings. The predicted octanol–water partition coefficient (Wildman–Crippen LogP) is 3.45. The first-order chi connectivity index (χ1) is 16.1. The van der Waals surface area contributed by atoms with E-state index in [2.05, 4.69) is 51.0 Å². The van der Waals surface area contributed by atoms with E-state index >= 15 is 0 Å². The number of likely N-dealkylation sites (tertiary alicyclic amines) is 1. The van der Waals surface area contributed by atoms with E-state index in [-0.39, 0.29) is 11.8 Å². The molecular formula is C25H23N7O. The minimum atomic E-state index is -0.126. The number of aromatic nitrogens is 3. The standard InChI is InChI=1S/C25H23N7O/c1-27-24(33)20-8-10-21(11-9-20)28-25-29-23-22(3-2-12-32(23)30-25)19-6-4-17(5-7-19)14-31-15-18(13-26)16-31/h2-12,18H,14-16H2,1H3,(H,27,33)(H,28,30). The summed E-state index contributed by atoms with van der Waals surface area (Å²) in [5.41, 5.74) is 5.44. The van der Waals surface area contributed by atoms with Gasteiger partial charge < -0.3 is 10.6 Å². The number of nitrogens with one attached hydrogen (secondary N) is 2. The van der Waals surface area contributed by atoms with Gasteiger partial charge >= 0.3 is 0 Å². The van der Waals surface area contributed by atoms with Gasteiger partial charge in [-0.05, 0) is 47.5 Å². The highest BCUT2D eigenvalue weighted by Crippen LogP contribution is 2.26. The number of benzene rings is 2. The molecule has 164 valence electrons. The maximum atomic E-state index is 11.7. The summed E-state index contributed by atoms with van der Waals surface area (Å²) in [5, 5.41) is 19.3. The molecule has 0 bridgehead atoms. The van der Waals surface area contributed by atoms with Crippen LogP contribution in [0, 0.1) is 17.2 Å². The third-order valence-corrected chi connectivity index (χ3v) is 5.80. The second-order valence-electron chi connectivity index (χ2n) is 8.12. The minimum absolute atomic E-state index is 0.126. The van der Waals surface area contributed by atoms with Gasteiger partial charge in [0.15, 0.2) is 5.65 Å². The lowest BCUT2D eigenvalue weighted by molar-refractivity contribution is 0.0963. The van der Waals surface area contributed by atoms with E-state index in [9.17, 15) is 4.79 Å². The van der Waals surface area contributed by atoms with E-state index in [1.54, 1.807) is 23.7 Å². The van der Waals surface area contributed by atoms with Crippen LogP contribution in [0.5, 0.6) is 0 Å². The van der Waals surface area contributed by atoms with Crippen LogP contribution in [0.1, 0.15) is 15.9 Å². The van der Waals surface area contributed by atoms with E-state index in [1.807, 2.05) is 30.5 Å². The zero-order chi connectivity index (χ0) is 22.8. The van der Waals surface area contributed by atoms with Crippen LogP contribution in [0.4, 0.5) is 11.6 Å². The molecule has 0 saturated carbocycles. The fourth-order valence-corrected chi connectivity index (χ4v) is 3.99. The Bertz CT molecular complexity index is 1330. The topological polar surface area (TPSA) is 98.4 Å². The highest BCUT2D eigenvalue weighted by atomic mass is 16.1. The molecule has 0 spiro atoms. The maximum Gasteiger partial charge on any atom is 0.251 e. The number of carbonyl (C=O) groups excluding carboxylic acids is 1. The van der Waals surface area contributed by atoms with Crippen LogP contribution in [-0.4, -0.2) is 45.5 Å². The number of anilines is 2. The zero-order valence-electron chi connectivity index (χ0n) is 18.2. The summed E-state index contributed by atoms with van der Waals surface area (Å²) in [6, 6.07) is 21.9. The summed E-state index contributed by atoms with van der Waals surface area (Å²) in [6.45, 7) is 2.56. The predicted molar refractivity (Wildman–Crippen MR) is 126 cm³/mol. The quantitative estimate of drug-likeness (QED) is 0.479. The van der Waals surface area contributed by atoms with Gasteiger partial charge in [-0.15, -0.1) is 5.10 Å². The summed E-state index contributed by atoms with van der Waals surface area (Å²) in [4.78, 5) is 18.7. The van der Waals surface area contributed by atoms with Crippen molar-refractivity contribution in [2.45, 2.75) is 6.54 Å². The van der Waals surface area contributed by atoms with E-state index in [1.165, 1.54) is 5.56 Å². The number of fused-ring (bicyclic) bond motifs is 1. The lowest BCUT2D eigenvalue weighted by Crippen LogP contribution is -2.45. The Morgan fingerprint density at radius 3 is 2.58 bits per heavy atom. The number of amides is 1. The van der Waals surface area contributed by atoms with Crippen molar-refractivity contribution in [3.63, 3.8) is 0 Å². The molecule has 4 aromatic rings. The molecule has 5 rings (SSSR count). The van der Waals surface area contributed by atoms with Crippen molar-refractivity contribution in [2.24, 2.45) is 5.92 Å². The molecule has 8 heteroatoms.